The van der Waals surface area contributed by atoms with Crippen molar-refractivity contribution in [3.63, 3.8) is 0 Å². The number of hydrogen-bond donors (Lipinski definition) is 1. The lowest BCUT2D eigenvalue weighted by Gasteiger charge is -2.46. The van der Waals surface area contributed by atoms with E-state index in [0.717, 1.165) is 43.4 Å². The Balaban J connectivity index is 1.45. The van der Waals surface area contributed by atoms with Gasteiger partial charge in [0.1, 0.15) is 0 Å². The normalized spacial score (nSPS) is 24.3. The first-order valence-electron chi connectivity index (χ1n) is 10.2. The maximum atomic E-state index is 6.34. The first-order valence-corrected chi connectivity index (χ1v) is 11.0. The summed E-state index contributed by atoms with van der Waals surface area (Å²) in [5.41, 5.74) is 2.80. The van der Waals surface area contributed by atoms with Crippen molar-refractivity contribution >= 4 is 15.9 Å². The Morgan fingerprint density at radius 1 is 1.07 bits per heavy atom. The molecule has 1 saturated heterocycles. The van der Waals surface area contributed by atoms with Crippen molar-refractivity contribution in [2.24, 2.45) is 0 Å². The summed E-state index contributed by atoms with van der Waals surface area (Å²) in [6, 6.07) is 14.9. The molecule has 1 aromatic carbocycles. The third kappa shape index (κ3) is 4.44. The summed E-state index contributed by atoms with van der Waals surface area (Å²) in [7, 11) is 0. The molecule has 0 bridgehead atoms. The van der Waals surface area contributed by atoms with Gasteiger partial charge >= 0.3 is 0 Å². The number of benzene rings is 1. The van der Waals surface area contributed by atoms with E-state index in [9.17, 15) is 0 Å². The Kier molecular flexibility index (Phi) is 5.96. The molecular weight excluding hydrogens is 400 g/mol. The first-order chi connectivity index (χ1) is 13.2. The van der Waals surface area contributed by atoms with Crippen molar-refractivity contribution in [1.82, 2.24) is 10.3 Å². The second kappa shape index (κ2) is 8.42. The van der Waals surface area contributed by atoms with Crippen LogP contribution >= 0.6 is 15.9 Å². The lowest BCUT2D eigenvalue weighted by molar-refractivity contribution is -0.104. The summed E-state index contributed by atoms with van der Waals surface area (Å²) in [6.07, 6.45) is 10.3. The van der Waals surface area contributed by atoms with Gasteiger partial charge in [0, 0.05) is 34.9 Å². The van der Waals surface area contributed by atoms with Crippen molar-refractivity contribution in [2.45, 2.75) is 62.5 Å². The zero-order valence-corrected chi connectivity index (χ0v) is 17.5. The third-order valence-electron chi connectivity index (χ3n) is 6.37. The molecule has 2 fully saturated rings. The molecule has 3 nitrogen and oxygen atoms in total. The molecule has 1 saturated carbocycles. The standard InChI is InChI=1S/C23H29BrN2O/c24-20-7-5-6-19(16-20)17-25-14-11-22(21-8-1-4-13-26-21)12-15-27-23(18-22)9-2-3-10-23/h1,4-8,13,16,25H,2-3,9-12,14-15,17-18H2/t22-/m1/s1. The van der Waals surface area contributed by atoms with Crippen LogP contribution in [0.2, 0.25) is 0 Å². The molecule has 4 heteroatoms. The zero-order chi connectivity index (χ0) is 18.6. The highest BCUT2D eigenvalue weighted by Gasteiger charge is 2.48. The maximum absolute atomic E-state index is 6.34. The Labute approximate surface area is 171 Å². The van der Waals surface area contributed by atoms with Crippen LogP contribution in [0.25, 0.3) is 0 Å². The topological polar surface area (TPSA) is 34.2 Å². The Morgan fingerprint density at radius 2 is 1.96 bits per heavy atom. The molecule has 2 aromatic rings. The van der Waals surface area contributed by atoms with Crippen LogP contribution in [-0.4, -0.2) is 23.7 Å². The highest BCUT2D eigenvalue weighted by Crippen LogP contribution is 2.49. The van der Waals surface area contributed by atoms with E-state index in [1.807, 2.05) is 12.3 Å². The Hall–Kier alpha value is -1.23. The number of nitrogens with zero attached hydrogens (tertiary/aromatic N) is 1. The van der Waals surface area contributed by atoms with Crippen molar-refractivity contribution < 1.29 is 4.74 Å². The van der Waals surface area contributed by atoms with Crippen LogP contribution in [0.4, 0.5) is 0 Å². The van der Waals surface area contributed by atoms with Crippen LogP contribution in [0.15, 0.2) is 53.1 Å². The van der Waals surface area contributed by atoms with E-state index in [0.29, 0.717) is 0 Å². The zero-order valence-electron chi connectivity index (χ0n) is 15.9. The number of nitrogens with one attached hydrogen (secondary N) is 1. The van der Waals surface area contributed by atoms with Gasteiger partial charge in [-0.1, -0.05) is 47.0 Å². The molecule has 27 heavy (non-hydrogen) atoms. The molecule has 1 aliphatic heterocycles. The minimum Gasteiger partial charge on any atom is -0.375 e. The fourth-order valence-electron chi connectivity index (χ4n) is 5.00. The summed E-state index contributed by atoms with van der Waals surface area (Å²) in [6.45, 7) is 2.76. The number of halogens is 1. The van der Waals surface area contributed by atoms with E-state index < -0.39 is 0 Å². The van der Waals surface area contributed by atoms with Gasteiger partial charge in [0.15, 0.2) is 0 Å². The van der Waals surface area contributed by atoms with E-state index in [2.05, 4.69) is 57.6 Å². The van der Waals surface area contributed by atoms with Gasteiger partial charge in [-0.25, -0.2) is 0 Å². The molecule has 1 atom stereocenters. The van der Waals surface area contributed by atoms with Crippen molar-refractivity contribution in [3.8, 4) is 0 Å². The average Bonchev–Trinajstić information content (AvgIpc) is 3.13. The maximum Gasteiger partial charge on any atom is 0.0691 e. The molecule has 2 aliphatic rings. The van der Waals surface area contributed by atoms with Gasteiger partial charge in [-0.2, -0.15) is 0 Å². The summed E-state index contributed by atoms with van der Waals surface area (Å²) in [5, 5.41) is 3.66. The average molecular weight is 429 g/mol. The monoisotopic (exact) mass is 428 g/mol. The van der Waals surface area contributed by atoms with Crippen LogP contribution in [0.3, 0.4) is 0 Å². The van der Waals surface area contributed by atoms with E-state index in [-0.39, 0.29) is 11.0 Å². The van der Waals surface area contributed by atoms with Crippen molar-refractivity contribution in [1.29, 1.82) is 0 Å². The predicted octanol–water partition coefficient (Wildman–Crippen LogP) is 5.39. The van der Waals surface area contributed by atoms with Gasteiger partial charge in [0.05, 0.1) is 5.60 Å². The quantitative estimate of drug-likeness (QED) is 0.626. The second-order valence-electron chi connectivity index (χ2n) is 8.22. The van der Waals surface area contributed by atoms with Crippen LogP contribution in [0.1, 0.15) is 56.2 Å². The van der Waals surface area contributed by atoms with E-state index in [1.165, 1.54) is 36.9 Å². The molecule has 0 radical (unpaired) electrons. The van der Waals surface area contributed by atoms with Gasteiger partial charge in [-0.05, 0) is 68.5 Å². The largest absolute Gasteiger partial charge is 0.375 e. The molecule has 1 aliphatic carbocycles. The molecule has 144 valence electrons. The summed E-state index contributed by atoms with van der Waals surface area (Å²) >= 11 is 3.56. The number of ether oxygens (including phenoxy) is 1. The molecule has 1 spiro atoms. The number of pyridine rings is 1. The molecule has 1 aromatic heterocycles. The number of rotatable bonds is 6. The highest BCUT2D eigenvalue weighted by molar-refractivity contribution is 9.10. The van der Waals surface area contributed by atoms with E-state index >= 15 is 0 Å². The fourth-order valence-corrected chi connectivity index (χ4v) is 5.45. The molecular formula is C23H29BrN2O. The highest BCUT2D eigenvalue weighted by atomic mass is 79.9. The number of hydrogen-bond acceptors (Lipinski definition) is 3. The molecule has 1 N–H and O–H groups in total. The lowest BCUT2D eigenvalue weighted by atomic mass is 9.68. The summed E-state index contributed by atoms with van der Waals surface area (Å²) in [5.74, 6) is 0. The number of aromatic nitrogens is 1. The second-order valence-corrected chi connectivity index (χ2v) is 9.13. The van der Waals surface area contributed by atoms with Gasteiger partial charge in [0.2, 0.25) is 0 Å². The van der Waals surface area contributed by atoms with Gasteiger partial charge in [0.25, 0.3) is 0 Å². The minimum absolute atomic E-state index is 0.0973. The molecule has 4 rings (SSSR count). The van der Waals surface area contributed by atoms with Crippen molar-refractivity contribution in [3.05, 3.63) is 64.4 Å². The van der Waals surface area contributed by atoms with Gasteiger partial charge in [-0.3, -0.25) is 4.98 Å². The minimum atomic E-state index is 0.0973. The predicted molar refractivity (Wildman–Crippen MR) is 113 cm³/mol. The Morgan fingerprint density at radius 3 is 2.74 bits per heavy atom. The van der Waals surface area contributed by atoms with Crippen LogP contribution in [0.5, 0.6) is 0 Å². The first kappa shape index (κ1) is 19.1. The van der Waals surface area contributed by atoms with Gasteiger partial charge in [-0.15, -0.1) is 0 Å². The summed E-state index contributed by atoms with van der Waals surface area (Å²) < 4.78 is 7.48. The molecule has 0 unspecified atom stereocenters. The van der Waals surface area contributed by atoms with Crippen LogP contribution < -0.4 is 5.32 Å². The fraction of sp³-hybridized carbons (Fsp3) is 0.522. The van der Waals surface area contributed by atoms with Gasteiger partial charge < -0.3 is 10.1 Å². The van der Waals surface area contributed by atoms with E-state index in [1.54, 1.807) is 0 Å². The third-order valence-corrected chi connectivity index (χ3v) is 6.86. The smallest absolute Gasteiger partial charge is 0.0691 e. The van der Waals surface area contributed by atoms with Crippen LogP contribution in [-0.2, 0) is 16.7 Å². The Bertz CT molecular complexity index is 745. The van der Waals surface area contributed by atoms with E-state index in [4.69, 9.17) is 9.72 Å². The van der Waals surface area contributed by atoms with Crippen molar-refractivity contribution in [2.75, 3.05) is 13.2 Å². The molecule has 2 heterocycles. The van der Waals surface area contributed by atoms with Crippen LogP contribution in [0, 0.1) is 0 Å². The summed E-state index contributed by atoms with van der Waals surface area (Å²) in [4.78, 5) is 4.79. The SMILES string of the molecule is Brc1cccc(CNCC[C@@]2(c3ccccn3)CCOC3(CCCC3)C2)c1. The lowest BCUT2D eigenvalue weighted by Crippen LogP contribution is -2.47. The molecule has 0 amide bonds.